The Morgan fingerprint density at radius 1 is 1.30 bits per heavy atom. The Labute approximate surface area is 133 Å². The lowest BCUT2D eigenvalue weighted by Crippen LogP contribution is -2.33. The van der Waals surface area contributed by atoms with Crippen LogP contribution in [0.5, 0.6) is 0 Å². The first kappa shape index (κ1) is 15.4. The van der Waals surface area contributed by atoms with Crippen molar-refractivity contribution in [2.24, 2.45) is 11.8 Å². The molecule has 0 aliphatic heterocycles. The van der Waals surface area contributed by atoms with E-state index in [1.807, 2.05) is 0 Å². The monoisotopic (exact) mass is 315 g/mol. The van der Waals surface area contributed by atoms with E-state index in [4.69, 9.17) is 0 Å². The summed E-state index contributed by atoms with van der Waals surface area (Å²) in [5, 5.41) is 2.83. The van der Waals surface area contributed by atoms with Crippen molar-refractivity contribution in [3.05, 3.63) is 64.1 Å². The minimum atomic E-state index is -0.382. The van der Waals surface area contributed by atoms with E-state index in [9.17, 15) is 14.0 Å². The van der Waals surface area contributed by atoms with Gasteiger partial charge in [0.1, 0.15) is 5.82 Å². The quantitative estimate of drug-likeness (QED) is 0.855. The molecule has 23 heavy (non-hydrogen) atoms. The maximum absolute atomic E-state index is 13.0. The van der Waals surface area contributed by atoms with Gasteiger partial charge >= 0.3 is 0 Å². The molecule has 1 saturated carbocycles. The minimum Gasteiger partial charge on any atom is -0.349 e. The van der Waals surface area contributed by atoms with E-state index in [1.165, 1.54) is 24.4 Å². The number of carbonyl (C=O) groups excluding carboxylic acids is 1. The predicted octanol–water partition coefficient (Wildman–Crippen LogP) is 1.91. The zero-order valence-electron chi connectivity index (χ0n) is 12.6. The van der Waals surface area contributed by atoms with E-state index in [0.717, 1.165) is 24.8 Å². The third kappa shape index (κ3) is 4.25. The fourth-order valence-electron chi connectivity index (χ4n) is 2.69. The number of carbonyl (C=O) groups is 1. The normalized spacial score (nSPS) is 15.2. The van der Waals surface area contributed by atoms with Crippen LogP contribution in [0.25, 0.3) is 0 Å². The number of benzene rings is 1. The van der Waals surface area contributed by atoms with Gasteiger partial charge in [0.2, 0.25) is 0 Å². The Kier molecular flexibility index (Phi) is 4.50. The lowest BCUT2D eigenvalue weighted by Gasteiger charge is -2.17. The molecule has 2 aromatic rings. The Balaban J connectivity index is 1.60. The summed E-state index contributed by atoms with van der Waals surface area (Å²) < 4.78 is 13.0. The number of nitrogens with zero attached hydrogens (tertiary/aromatic N) is 1. The molecule has 0 saturated heterocycles. The Morgan fingerprint density at radius 3 is 2.70 bits per heavy atom. The average molecular weight is 315 g/mol. The van der Waals surface area contributed by atoms with Crippen molar-refractivity contribution in [2.75, 3.05) is 6.54 Å². The second kappa shape index (κ2) is 6.73. The third-order valence-corrected chi connectivity index (χ3v) is 4.11. The van der Waals surface area contributed by atoms with Gasteiger partial charge in [-0.1, -0.05) is 12.1 Å². The number of rotatable bonds is 6. The summed E-state index contributed by atoms with van der Waals surface area (Å²) >= 11 is 0. The maximum atomic E-state index is 13.0. The maximum Gasteiger partial charge on any atom is 0.287 e. The molecule has 1 aromatic carbocycles. The molecule has 0 radical (unpaired) electrons. The molecule has 1 atom stereocenters. The van der Waals surface area contributed by atoms with Crippen LogP contribution in [0.4, 0.5) is 4.39 Å². The van der Waals surface area contributed by atoms with Crippen LogP contribution in [-0.4, -0.2) is 22.4 Å². The molecular weight excluding hydrogens is 297 g/mol. The number of hydrogen-bond acceptors (Lipinski definition) is 3. The van der Waals surface area contributed by atoms with Crippen LogP contribution >= 0.6 is 0 Å². The number of nitrogens with one attached hydrogen (secondary N) is 2. The van der Waals surface area contributed by atoms with E-state index in [-0.39, 0.29) is 23.1 Å². The molecule has 1 aliphatic carbocycles. The Bertz CT molecular complexity index is 738. The van der Waals surface area contributed by atoms with Crippen LogP contribution in [-0.2, 0) is 6.42 Å². The first-order valence-electron chi connectivity index (χ1n) is 7.70. The molecule has 120 valence electrons. The standard InChI is InChI=1S/C17H18FN3O2/c18-14-5-1-11(2-6-14)9-13(12-3-4-12)10-20-17(23)16-19-8-7-15(22)21-16/h1-2,5-8,12-13H,3-4,9-10H2,(H,20,23)(H,19,21,22). The summed E-state index contributed by atoms with van der Waals surface area (Å²) in [5.74, 6) is 0.286. The van der Waals surface area contributed by atoms with Crippen molar-refractivity contribution in [3.63, 3.8) is 0 Å². The van der Waals surface area contributed by atoms with E-state index < -0.39 is 0 Å². The number of amides is 1. The van der Waals surface area contributed by atoms with Gasteiger partial charge in [0.05, 0.1) is 0 Å². The summed E-state index contributed by atoms with van der Waals surface area (Å²) in [6.07, 6.45) is 4.42. The lowest BCUT2D eigenvalue weighted by molar-refractivity contribution is 0.0934. The van der Waals surface area contributed by atoms with Crippen LogP contribution in [0.15, 0.2) is 41.3 Å². The fraction of sp³-hybridized carbons (Fsp3) is 0.353. The van der Waals surface area contributed by atoms with Crippen LogP contribution < -0.4 is 10.9 Å². The first-order chi connectivity index (χ1) is 11.1. The molecule has 3 rings (SSSR count). The highest BCUT2D eigenvalue weighted by atomic mass is 19.1. The zero-order valence-corrected chi connectivity index (χ0v) is 12.6. The second-order valence-electron chi connectivity index (χ2n) is 5.92. The molecular formula is C17H18FN3O2. The summed E-state index contributed by atoms with van der Waals surface area (Å²) in [4.78, 5) is 29.5. The van der Waals surface area contributed by atoms with Gasteiger partial charge in [-0.05, 0) is 48.8 Å². The summed E-state index contributed by atoms with van der Waals surface area (Å²) in [7, 11) is 0. The highest BCUT2D eigenvalue weighted by molar-refractivity contribution is 5.90. The molecule has 1 heterocycles. The SMILES string of the molecule is O=C(NCC(Cc1ccc(F)cc1)C1CC1)c1nccc(=O)[nH]1. The molecule has 1 amide bonds. The minimum absolute atomic E-state index is 0.0221. The van der Waals surface area contributed by atoms with Gasteiger partial charge in [0, 0.05) is 18.8 Å². The van der Waals surface area contributed by atoms with Crippen LogP contribution in [0, 0.1) is 17.7 Å². The van der Waals surface area contributed by atoms with Gasteiger partial charge in [0.25, 0.3) is 11.5 Å². The van der Waals surface area contributed by atoms with E-state index in [1.54, 1.807) is 12.1 Å². The van der Waals surface area contributed by atoms with Gasteiger partial charge in [-0.15, -0.1) is 0 Å². The second-order valence-corrected chi connectivity index (χ2v) is 5.92. The highest BCUT2D eigenvalue weighted by Crippen LogP contribution is 2.38. The molecule has 1 fully saturated rings. The number of hydrogen-bond donors (Lipinski definition) is 2. The van der Waals surface area contributed by atoms with Crippen molar-refractivity contribution < 1.29 is 9.18 Å². The molecule has 0 spiro atoms. The smallest absolute Gasteiger partial charge is 0.287 e. The van der Waals surface area contributed by atoms with Gasteiger partial charge in [-0.2, -0.15) is 0 Å². The molecule has 2 N–H and O–H groups in total. The van der Waals surface area contributed by atoms with Gasteiger partial charge in [-0.3, -0.25) is 9.59 Å². The summed E-state index contributed by atoms with van der Waals surface area (Å²) in [6, 6.07) is 7.73. The van der Waals surface area contributed by atoms with Crippen molar-refractivity contribution in [1.29, 1.82) is 0 Å². The van der Waals surface area contributed by atoms with Gasteiger partial charge in [-0.25, -0.2) is 9.37 Å². The number of H-pyrrole nitrogens is 1. The first-order valence-corrected chi connectivity index (χ1v) is 7.70. The van der Waals surface area contributed by atoms with Crippen LogP contribution in [0.2, 0.25) is 0 Å². The number of aromatic amines is 1. The summed E-state index contributed by atoms with van der Waals surface area (Å²) in [5.41, 5.74) is 0.707. The van der Waals surface area contributed by atoms with Crippen molar-refractivity contribution >= 4 is 5.91 Å². The van der Waals surface area contributed by atoms with Crippen molar-refractivity contribution in [1.82, 2.24) is 15.3 Å². The lowest BCUT2D eigenvalue weighted by atomic mass is 9.94. The third-order valence-electron chi connectivity index (χ3n) is 4.11. The van der Waals surface area contributed by atoms with E-state index in [0.29, 0.717) is 18.4 Å². The van der Waals surface area contributed by atoms with Gasteiger partial charge in [0.15, 0.2) is 5.82 Å². The number of aromatic nitrogens is 2. The molecule has 0 bridgehead atoms. The average Bonchev–Trinajstić information content (AvgIpc) is 3.38. The molecule has 1 aliphatic rings. The topological polar surface area (TPSA) is 74.8 Å². The Morgan fingerprint density at radius 2 is 2.04 bits per heavy atom. The van der Waals surface area contributed by atoms with Gasteiger partial charge < -0.3 is 10.3 Å². The zero-order chi connectivity index (χ0) is 16.2. The predicted molar refractivity (Wildman–Crippen MR) is 83.5 cm³/mol. The Hall–Kier alpha value is -2.50. The molecule has 1 unspecified atom stereocenters. The number of halogens is 1. The largest absolute Gasteiger partial charge is 0.349 e. The van der Waals surface area contributed by atoms with E-state index >= 15 is 0 Å². The van der Waals surface area contributed by atoms with Crippen LogP contribution in [0.3, 0.4) is 0 Å². The van der Waals surface area contributed by atoms with Crippen LogP contribution in [0.1, 0.15) is 29.0 Å². The molecule has 6 heteroatoms. The molecule has 5 nitrogen and oxygen atoms in total. The molecule has 1 aromatic heterocycles. The van der Waals surface area contributed by atoms with Crippen molar-refractivity contribution in [2.45, 2.75) is 19.3 Å². The summed E-state index contributed by atoms with van der Waals surface area (Å²) in [6.45, 7) is 0.513. The fourth-order valence-corrected chi connectivity index (χ4v) is 2.69. The highest BCUT2D eigenvalue weighted by Gasteiger charge is 2.31. The van der Waals surface area contributed by atoms with Crippen molar-refractivity contribution in [3.8, 4) is 0 Å². The van der Waals surface area contributed by atoms with E-state index in [2.05, 4.69) is 15.3 Å².